The number of nitrogens with one attached hydrogen (secondary N) is 1. The zero-order valence-corrected chi connectivity index (χ0v) is 17.0. The molecule has 6 heteroatoms. The lowest BCUT2D eigenvalue weighted by molar-refractivity contribution is 0.0950. The molecule has 0 radical (unpaired) electrons. The van der Waals surface area contributed by atoms with Crippen molar-refractivity contribution in [1.29, 1.82) is 0 Å². The molecule has 3 rings (SSSR count). The molecule has 0 bridgehead atoms. The highest BCUT2D eigenvalue weighted by atomic mass is 35.5. The molecule has 0 aliphatic rings. The molecule has 1 amide bonds. The number of carbonyl (C=O) groups is 1. The van der Waals surface area contributed by atoms with E-state index in [1.165, 1.54) is 6.21 Å². The first-order valence-electron chi connectivity index (χ1n) is 9.30. The van der Waals surface area contributed by atoms with Crippen molar-refractivity contribution in [1.82, 2.24) is 5.43 Å². The van der Waals surface area contributed by atoms with Crippen LogP contribution in [0.3, 0.4) is 0 Å². The Bertz CT molecular complexity index is 1030. The molecule has 0 saturated heterocycles. The molecule has 3 aromatic rings. The van der Waals surface area contributed by atoms with E-state index in [9.17, 15) is 4.79 Å². The predicted molar refractivity (Wildman–Crippen MR) is 119 cm³/mol. The summed E-state index contributed by atoms with van der Waals surface area (Å²) in [6.07, 6.45) is 3.20. The zero-order valence-electron chi connectivity index (χ0n) is 16.3. The normalized spacial score (nSPS) is 10.6. The Morgan fingerprint density at radius 3 is 2.43 bits per heavy atom. The molecule has 0 atom stereocenters. The van der Waals surface area contributed by atoms with Crippen molar-refractivity contribution in [2.75, 3.05) is 6.61 Å². The number of hydrogen-bond acceptors (Lipinski definition) is 4. The molecular formula is C24H21ClN2O3. The Labute approximate surface area is 180 Å². The van der Waals surface area contributed by atoms with Gasteiger partial charge in [-0.1, -0.05) is 60.7 Å². The molecule has 30 heavy (non-hydrogen) atoms. The van der Waals surface area contributed by atoms with Crippen molar-refractivity contribution in [3.8, 4) is 11.5 Å². The lowest BCUT2D eigenvalue weighted by Gasteiger charge is -2.10. The van der Waals surface area contributed by atoms with Gasteiger partial charge in [0, 0.05) is 10.6 Å². The van der Waals surface area contributed by atoms with Crippen LogP contribution in [-0.2, 0) is 6.61 Å². The second-order valence-electron chi connectivity index (χ2n) is 6.25. The van der Waals surface area contributed by atoms with Crippen LogP contribution in [0, 0.1) is 0 Å². The number of para-hydroxylation sites is 2. The van der Waals surface area contributed by atoms with Crippen molar-refractivity contribution in [2.24, 2.45) is 5.10 Å². The zero-order chi connectivity index (χ0) is 21.2. The van der Waals surface area contributed by atoms with Crippen molar-refractivity contribution in [2.45, 2.75) is 6.61 Å². The van der Waals surface area contributed by atoms with E-state index in [0.29, 0.717) is 35.3 Å². The molecule has 152 valence electrons. The molecule has 0 spiro atoms. The van der Waals surface area contributed by atoms with Crippen LogP contribution in [0.4, 0.5) is 0 Å². The SMILES string of the molecule is C=CCOc1ccccc1/C=N/NC(=O)c1ccccc1OCc1ccc(Cl)cc1. The molecule has 3 aromatic carbocycles. The smallest absolute Gasteiger partial charge is 0.275 e. The van der Waals surface area contributed by atoms with Gasteiger partial charge in [0.1, 0.15) is 24.7 Å². The van der Waals surface area contributed by atoms with E-state index in [1.807, 2.05) is 42.5 Å². The van der Waals surface area contributed by atoms with Crippen LogP contribution < -0.4 is 14.9 Å². The number of benzene rings is 3. The summed E-state index contributed by atoms with van der Waals surface area (Å²) < 4.78 is 11.4. The Kier molecular flexibility index (Phi) is 7.64. The van der Waals surface area contributed by atoms with Crippen LogP contribution in [0.25, 0.3) is 0 Å². The summed E-state index contributed by atoms with van der Waals surface area (Å²) in [5, 5.41) is 4.72. The fourth-order valence-electron chi connectivity index (χ4n) is 2.61. The third-order valence-electron chi connectivity index (χ3n) is 4.08. The maximum Gasteiger partial charge on any atom is 0.275 e. The number of carbonyl (C=O) groups excluding carboxylic acids is 1. The molecule has 0 aliphatic heterocycles. The minimum atomic E-state index is -0.373. The lowest BCUT2D eigenvalue weighted by Crippen LogP contribution is -2.18. The Morgan fingerprint density at radius 1 is 0.967 bits per heavy atom. The molecule has 0 aromatic heterocycles. The number of amides is 1. The molecule has 0 heterocycles. The van der Waals surface area contributed by atoms with E-state index in [4.69, 9.17) is 21.1 Å². The first kappa shape index (κ1) is 21.1. The summed E-state index contributed by atoms with van der Waals surface area (Å²) >= 11 is 5.90. The highest BCUT2D eigenvalue weighted by Gasteiger charge is 2.11. The van der Waals surface area contributed by atoms with Gasteiger partial charge in [0.2, 0.25) is 0 Å². The van der Waals surface area contributed by atoms with Crippen molar-refractivity contribution in [3.63, 3.8) is 0 Å². The molecular weight excluding hydrogens is 400 g/mol. The van der Waals surface area contributed by atoms with Crippen LogP contribution in [0.1, 0.15) is 21.5 Å². The number of halogens is 1. The average Bonchev–Trinajstić information content (AvgIpc) is 2.78. The Morgan fingerprint density at radius 2 is 1.67 bits per heavy atom. The van der Waals surface area contributed by atoms with Crippen LogP contribution >= 0.6 is 11.6 Å². The summed E-state index contributed by atoms with van der Waals surface area (Å²) in [7, 11) is 0. The highest BCUT2D eigenvalue weighted by Crippen LogP contribution is 2.20. The van der Waals surface area contributed by atoms with Crippen molar-refractivity contribution in [3.05, 3.63) is 107 Å². The van der Waals surface area contributed by atoms with E-state index in [-0.39, 0.29) is 5.91 Å². The minimum Gasteiger partial charge on any atom is -0.489 e. The van der Waals surface area contributed by atoms with E-state index in [1.54, 1.807) is 36.4 Å². The van der Waals surface area contributed by atoms with Gasteiger partial charge in [-0.05, 0) is 42.0 Å². The largest absolute Gasteiger partial charge is 0.489 e. The summed E-state index contributed by atoms with van der Waals surface area (Å²) in [6, 6.07) is 21.7. The van der Waals surface area contributed by atoms with Crippen molar-refractivity contribution < 1.29 is 14.3 Å². The van der Waals surface area contributed by atoms with Gasteiger partial charge in [-0.15, -0.1) is 0 Å². The van der Waals surface area contributed by atoms with Gasteiger partial charge < -0.3 is 9.47 Å². The molecule has 1 N–H and O–H groups in total. The molecule has 0 aliphatic carbocycles. The lowest BCUT2D eigenvalue weighted by atomic mass is 10.2. The number of hydrogen-bond donors (Lipinski definition) is 1. The summed E-state index contributed by atoms with van der Waals surface area (Å²) in [5.41, 5.74) is 4.61. The van der Waals surface area contributed by atoms with Gasteiger partial charge in [0.15, 0.2) is 0 Å². The number of nitrogens with zero attached hydrogens (tertiary/aromatic N) is 1. The molecule has 0 saturated carbocycles. The van der Waals surface area contributed by atoms with E-state index in [0.717, 1.165) is 11.1 Å². The minimum absolute atomic E-state index is 0.318. The maximum absolute atomic E-state index is 12.6. The first-order chi connectivity index (χ1) is 14.7. The van der Waals surface area contributed by atoms with Crippen molar-refractivity contribution >= 4 is 23.7 Å². The van der Waals surface area contributed by atoms with Gasteiger partial charge in [-0.3, -0.25) is 4.79 Å². The summed E-state index contributed by atoms with van der Waals surface area (Å²) in [4.78, 5) is 12.6. The second-order valence-corrected chi connectivity index (χ2v) is 6.68. The first-order valence-corrected chi connectivity index (χ1v) is 9.67. The molecule has 0 unspecified atom stereocenters. The van der Waals surface area contributed by atoms with E-state index < -0.39 is 0 Å². The Balaban J connectivity index is 1.65. The monoisotopic (exact) mass is 420 g/mol. The van der Waals surface area contributed by atoms with Crippen LogP contribution in [0.2, 0.25) is 5.02 Å². The topological polar surface area (TPSA) is 59.9 Å². The number of rotatable bonds is 9. The quantitative estimate of drug-likeness (QED) is 0.292. The number of ether oxygens (including phenoxy) is 2. The van der Waals surface area contributed by atoms with Crippen LogP contribution in [0.15, 0.2) is 90.6 Å². The molecule has 5 nitrogen and oxygen atoms in total. The third kappa shape index (κ3) is 5.96. The second kappa shape index (κ2) is 10.8. The van der Waals surface area contributed by atoms with E-state index in [2.05, 4.69) is 17.1 Å². The summed E-state index contributed by atoms with van der Waals surface area (Å²) in [6.45, 7) is 4.34. The predicted octanol–water partition coefficient (Wildman–Crippen LogP) is 5.25. The van der Waals surface area contributed by atoms with Gasteiger partial charge in [-0.25, -0.2) is 5.43 Å². The fourth-order valence-corrected chi connectivity index (χ4v) is 2.74. The van der Waals surface area contributed by atoms with Crippen LogP contribution in [0.5, 0.6) is 11.5 Å². The number of hydrazone groups is 1. The van der Waals surface area contributed by atoms with Gasteiger partial charge in [0.25, 0.3) is 5.91 Å². The van der Waals surface area contributed by atoms with E-state index >= 15 is 0 Å². The van der Waals surface area contributed by atoms with Gasteiger partial charge >= 0.3 is 0 Å². The maximum atomic E-state index is 12.6. The van der Waals surface area contributed by atoms with Gasteiger partial charge in [-0.2, -0.15) is 5.10 Å². The Hall–Kier alpha value is -3.57. The highest BCUT2D eigenvalue weighted by molar-refractivity contribution is 6.30. The van der Waals surface area contributed by atoms with Gasteiger partial charge in [0.05, 0.1) is 11.8 Å². The standard InChI is InChI=1S/C24H21ClN2O3/c1-2-15-29-22-9-5-3-7-19(22)16-26-27-24(28)21-8-4-6-10-23(21)30-17-18-11-13-20(25)14-12-18/h2-14,16H,1,15,17H2,(H,27,28)/b26-16+. The molecule has 0 fully saturated rings. The average molecular weight is 421 g/mol. The summed E-state index contributed by atoms with van der Waals surface area (Å²) in [5.74, 6) is 0.749. The van der Waals surface area contributed by atoms with Crippen LogP contribution in [-0.4, -0.2) is 18.7 Å². The fraction of sp³-hybridized carbons (Fsp3) is 0.0833. The third-order valence-corrected chi connectivity index (χ3v) is 4.34.